The smallest absolute Gasteiger partial charge is 0.152 e. The molecule has 18 heavy (non-hydrogen) atoms. The van der Waals surface area contributed by atoms with Gasteiger partial charge in [-0.05, 0) is 6.92 Å². The van der Waals surface area contributed by atoms with Crippen molar-refractivity contribution >= 4 is 11.6 Å². The average Bonchev–Trinajstić information content (AvgIpc) is 2.85. The summed E-state index contributed by atoms with van der Waals surface area (Å²) in [5.74, 6) is 3.51. The number of anilines is 2. The lowest BCUT2D eigenvalue weighted by Gasteiger charge is -2.28. The number of hydrogen-bond donors (Lipinski definition) is 1. The van der Waals surface area contributed by atoms with Crippen molar-refractivity contribution in [3.63, 3.8) is 0 Å². The molecule has 0 bridgehead atoms. The second kappa shape index (κ2) is 4.25. The predicted molar refractivity (Wildman–Crippen MR) is 67.4 cm³/mol. The van der Waals surface area contributed by atoms with E-state index in [1.165, 1.54) is 0 Å². The first-order valence-electron chi connectivity index (χ1n) is 5.91. The van der Waals surface area contributed by atoms with Crippen molar-refractivity contribution in [1.82, 2.24) is 24.7 Å². The molecule has 0 fully saturated rings. The van der Waals surface area contributed by atoms with E-state index < -0.39 is 0 Å². The maximum Gasteiger partial charge on any atom is 0.152 e. The monoisotopic (exact) mass is 245 g/mol. The molecule has 1 aliphatic rings. The highest BCUT2D eigenvalue weighted by molar-refractivity contribution is 5.49. The van der Waals surface area contributed by atoms with E-state index in [0.717, 1.165) is 42.9 Å². The molecule has 0 radical (unpaired) electrons. The highest BCUT2D eigenvalue weighted by Crippen LogP contribution is 2.20. The number of nitrogens with one attached hydrogen (secondary N) is 1. The van der Waals surface area contributed by atoms with Crippen molar-refractivity contribution in [3.8, 4) is 0 Å². The third-order valence-electron chi connectivity index (χ3n) is 3.04. The van der Waals surface area contributed by atoms with Crippen LogP contribution in [0, 0.1) is 6.92 Å². The summed E-state index contributed by atoms with van der Waals surface area (Å²) >= 11 is 0. The van der Waals surface area contributed by atoms with Crippen molar-refractivity contribution < 1.29 is 0 Å². The molecule has 0 spiro atoms. The lowest BCUT2D eigenvalue weighted by atomic mass is 10.3. The van der Waals surface area contributed by atoms with Crippen LogP contribution in [0.1, 0.15) is 11.6 Å². The Morgan fingerprint density at radius 3 is 3.00 bits per heavy atom. The Balaban J connectivity index is 1.90. The predicted octanol–water partition coefficient (Wildman–Crippen LogP) is 0.438. The fraction of sp³-hybridized carbons (Fsp3) is 0.455. The largest absolute Gasteiger partial charge is 0.373 e. The molecule has 1 aliphatic heterocycles. The fourth-order valence-electron chi connectivity index (χ4n) is 2.10. The van der Waals surface area contributed by atoms with Crippen LogP contribution in [0.5, 0.6) is 0 Å². The second-order valence-electron chi connectivity index (χ2n) is 4.27. The maximum absolute atomic E-state index is 4.48. The Kier molecular flexibility index (Phi) is 2.58. The van der Waals surface area contributed by atoms with Crippen LogP contribution >= 0.6 is 0 Å². The summed E-state index contributed by atoms with van der Waals surface area (Å²) in [6, 6.07) is 1.96. The highest BCUT2D eigenvalue weighted by Gasteiger charge is 2.19. The lowest BCUT2D eigenvalue weighted by molar-refractivity contribution is 0.555. The molecule has 0 amide bonds. The van der Waals surface area contributed by atoms with Gasteiger partial charge in [0, 0.05) is 26.2 Å². The Morgan fingerprint density at radius 2 is 2.17 bits per heavy atom. The molecule has 0 atom stereocenters. The van der Waals surface area contributed by atoms with Gasteiger partial charge in [-0.1, -0.05) is 0 Å². The number of aryl methyl sites for hydroxylation is 1. The second-order valence-corrected chi connectivity index (χ2v) is 4.27. The first-order valence-corrected chi connectivity index (χ1v) is 5.91. The molecular formula is C11H15N7. The van der Waals surface area contributed by atoms with E-state index in [2.05, 4.69) is 34.9 Å². The third kappa shape index (κ3) is 1.87. The van der Waals surface area contributed by atoms with E-state index in [1.807, 2.05) is 20.0 Å². The number of rotatable bonds is 2. The van der Waals surface area contributed by atoms with Gasteiger partial charge in [0.15, 0.2) is 5.82 Å². The Labute approximate surface area is 105 Å². The van der Waals surface area contributed by atoms with E-state index in [0.29, 0.717) is 0 Å². The molecule has 0 aromatic carbocycles. The van der Waals surface area contributed by atoms with Gasteiger partial charge in [-0.2, -0.15) is 0 Å². The summed E-state index contributed by atoms with van der Waals surface area (Å²) in [6.07, 6.45) is 1.77. The molecule has 2 aromatic rings. The number of hydrogen-bond acceptors (Lipinski definition) is 6. The van der Waals surface area contributed by atoms with Gasteiger partial charge < -0.3 is 14.8 Å². The standard InChI is InChI=1S/C11H15N7/c1-8-14-9(12-2)5-10(15-8)17-3-4-18-7-13-16-11(18)6-17/h5,7H,3-4,6H2,1-2H3,(H,12,14,15). The van der Waals surface area contributed by atoms with Gasteiger partial charge in [0.2, 0.25) is 0 Å². The molecule has 7 nitrogen and oxygen atoms in total. The van der Waals surface area contributed by atoms with Crippen molar-refractivity contribution in [2.75, 3.05) is 23.8 Å². The first kappa shape index (κ1) is 10.9. The van der Waals surface area contributed by atoms with E-state index in [9.17, 15) is 0 Å². The van der Waals surface area contributed by atoms with Crippen LogP contribution in [0.15, 0.2) is 12.4 Å². The van der Waals surface area contributed by atoms with Crippen molar-refractivity contribution in [2.24, 2.45) is 0 Å². The highest BCUT2D eigenvalue weighted by atomic mass is 15.3. The summed E-state index contributed by atoms with van der Waals surface area (Å²) in [5.41, 5.74) is 0. The van der Waals surface area contributed by atoms with Crippen LogP contribution in [0.2, 0.25) is 0 Å². The average molecular weight is 245 g/mol. The maximum atomic E-state index is 4.48. The zero-order valence-corrected chi connectivity index (χ0v) is 10.5. The fourth-order valence-corrected chi connectivity index (χ4v) is 2.10. The summed E-state index contributed by atoms with van der Waals surface area (Å²) in [7, 11) is 1.86. The molecule has 1 N–H and O–H groups in total. The first-order chi connectivity index (χ1) is 8.76. The minimum Gasteiger partial charge on any atom is -0.373 e. The van der Waals surface area contributed by atoms with Crippen molar-refractivity contribution in [3.05, 3.63) is 24.0 Å². The summed E-state index contributed by atoms with van der Waals surface area (Å²) < 4.78 is 2.07. The zero-order chi connectivity index (χ0) is 12.5. The molecule has 0 saturated heterocycles. The van der Waals surface area contributed by atoms with Crippen LogP contribution in [-0.2, 0) is 13.1 Å². The van der Waals surface area contributed by atoms with Crippen LogP contribution in [0.3, 0.4) is 0 Å². The SMILES string of the molecule is CNc1cc(N2CCn3cnnc3C2)nc(C)n1. The summed E-state index contributed by atoms with van der Waals surface area (Å²) in [5, 5.41) is 11.1. The quantitative estimate of drug-likeness (QED) is 0.827. The molecule has 2 aromatic heterocycles. The number of nitrogens with zero attached hydrogens (tertiary/aromatic N) is 6. The van der Waals surface area contributed by atoms with Crippen LogP contribution in [0.25, 0.3) is 0 Å². The van der Waals surface area contributed by atoms with Gasteiger partial charge in [0.25, 0.3) is 0 Å². The zero-order valence-electron chi connectivity index (χ0n) is 10.5. The molecule has 7 heteroatoms. The van der Waals surface area contributed by atoms with Crippen molar-refractivity contribution in [2.45, 2.75) is 20.0 Å². The topological polar surface area (TPSA) is 71.8 Å². The minimum atomic E-state index is 0.736. The number of aromatic nitrogens is 5. The molecule has 0 aliphatic carbocycles. The number of fused-ring (bicyclic) bond motifs is 1. The molecule has 94 valence electrons. The van der Waals surface area contributed by atoms with Crippen LogP contribution in [-0.4, -0.2) is 38.3 Å². The lowest BCUT2D eigenvalue weighted by Crippen LogP contribution is -2.34. The van der Waals surface area contributed by atoms with E-state index in [-0.39, 0.29) is 0 Å². The van der Waals surface area contributed by atoms with Gasteiger partial charge in [-0.15, -0.1) is 10.2 Å². The normalized spacial score (nSPS) is 14.4. The summed E-state index contributed by atoms with van der Waals surface area (Å²) in [6.45, 7) is 4.43. The molecule has 0 saturated carbocycles. The van der Waals surface area contributed by atoms with E-state index in [4.69, 9.17) is 0 Å². The molecular weight excluding hydrogens is 230 g/mol. The van der Waals surface area contributed by atoms with Crippen molar-refractivity contribution in [1.29, 1.82) is 0 Å². The van der Waals surface area contributed by atoms with Gasteiger partial charge in [0.1, 0.15) is 23.8 Å². The van der Waals surface area contributed by atoms with E-state index >= 15 is 0 Å². The van der Waals surface area contributed by atoms with Gasteiger partial charge in [-0.3, -0.25) is 0 Å². The van der Waals surface area contributed by atoms with Crippen LogP contribution < -0.4 is 10.2 Å². The third-order valence-corrected chi connectivity index (χ3v) is 3.04. The molecule has 3 rings (SSSR count). The Morgan fingerprint density at radius 1 is 1.28 bits per heavy atom. The molecule has 0 unspecified atom stereocenters. The van der Waals surface area contributed by atoms with Gasteiger partial charge in [0.05, 0.1) is 6.54 Å². The Hall–Kier alpha value is -2.18. The van der Waals surface area contributed by atoms with E-state index in [1.54, 1.807) is 6.33 Å². The molecule has 3 heterocycles. The van der Waals surface area contributed by atoms with Gasteiger partial charge >= 0.3 is 0 Å². The summed E-state index contributed by atoms with van der Waals surface area (Å²) in [4.78, 5) is 11.0. The van der Waals surface area contributed by atoms with Crippen LogP contribution in [0.4, 0.5) is 11.6 Å². The Bertz CT molecular complexity index is 562. The van der Waals surface area contributed by atoms with Gasteiger partial charge in [-0.25, -0.2) is 9.97 Å². The minimum absolute atomic E-state index is 0.736.